The molecule has 1 atom stereocenters. The number of aromatic nitrogens is 1. The van der Waals surface area contributed by atoms with Gasteiger partial charge in [-0.15, -0.1) is 4.59 Å². The van der Waals surface area contributed by atoms with E-state index in [9.17, 15) is 14.7 Å². The number of imide groups is 1. The van der Waals surface area contributed by atoms with Gasteiger partial charge in [0.25, 0.3) is 0 Å². The highest BCUT2D eigenvalue weighted by molar-refractivity contribution is 9.10. The molecule has 200 valence electrons. The largest absolute Gasteiger partial charge is 0.526 e. The zero-order valence-electron chi connectivity index (χ0n) is 22.3. The van der Waals surface area contributed by atoms with Gasteiger partial charge in [0.05, 0.1) is 23.9 Å². The lowest BCUT2D eigenvalue weighted by Crippen LogP contribution is -2.77. The van der Waals surface area contributed by atoms with Gasteiger partial charge in [0.1, 0.15) is 5.54 Å². The summed E-state index contributed by atoms with van der Waals surface area (Å²) in [7, 11) is 1.06. The number of para-hydroxylation sites is 1. The van der Waals surface area contributed by atoms with Crippen LogP contribution in [0.1, 0.15) is 36.7 Å². The van der Waals surface area contributed by atoms with Gasteiger partial charge in [0.2, 0.25) is 6.09 Å². The molecular weight excluding hydrogens is 562 g/mol. The molecule has 0 aliphatic heterocycles. The lowest BCUT2D eigenvalue weighted by molar-refractivity contribution is -0.275. The maximum Gasteiger partial charge on any atom is 0.461 e. The van der Waals surface area contributed by atoms with Gasteiger partial charge < -0.3 is 14.6 Å². The van der Waals surface area contributed by atoms with Crippen molar-refractivity contribution in [3.8, 4) is 11.3 Å². The normalized spacial score (nSPS) is 13.0. The van der Waals surface area contributed by atoms with E-state index >= 15 is 4.79 Å². The Kier molecular flexibility index (Phi) is 7.59. The Hall–Kier alpha value is -4.08. The molecule has 1 unspecified atom stereocenters. The molecule has 4 rings (SSSR count). The monoisotopic (exact) mass is 589 g/mol. The number of benzene rings is 3. The van der Waals surface area contributed by atoms with Crippen LogP contribution in [0, 0.1) is 6.92 Å². The van der Waals surface area contributed by atoms with Crippen molar-refractivity contribution in [1.82, 2.24) is 14.6 Å². The van der Waals surface area contributed by atoms with Gasteiger partial charge in [-0.1, -0.05) is 75.5 Å². The van der Waals surface area contributed by atoms with Crippen molar-refractivity contribution < 1.29 is 24.2 Å². The molecule has 1 heterocycles. The Morgan fingerprint density at radius 2 is 1.54 bits per heavy atom. The minimum atomic E-state index is -1.88. The van der Waals surface area contributed by atoms with Crippen LogP contribution in [-0.4, -0.2) is 40.7 Å². The number of carbonyl (C=O) groups is 3. The lowest BCUT2D eigenvalue weighted by Gasteiger charge is -2.49. The Labute approximate surface area is 235 Å². The number of hydrogen-bond donors (Lipinski definition) is 0. The number of halogens is 1. The molecule has 0 aliphatic rings. The quantitative estimate of drug-likeness (QED) is 0.207. The molecule has 0 N–H and O–H groups in total. The first-order valence-corrected chi connectivity index (χ1v) is 13.0. The highest BCUT2D eigenvalue weighted by atomic mass is 79.9. The molecule has 3 aromatic carbocycles. The Balaban J connectivity index is 2.21. The van der Waals surface area contributed by atoms with Crippen LogP contribution in [-0.2, 0) is 4.74 Å². The first kappa shape index (κ1) is 27.9. The highest BCUT2D eigenvalue weighted by Crippen LogP contribution is 2.41. The zero-order chi connectivity index (χ0) is 28.5. The van der Waals surface area contributed by atoms with Crippen LogP contribution < -0.4 is 9.70 Å². The van der Waals surface area contributed by atoms with Crippen molar-refractivity contribution in [3.05, 3.63) is 94.5 Å². The van der Waals surface area contributed by atoms with E-state index < -0.39 is 28.2 Å². The van der Waals surface area contributed by atoms with E-state index in [0.29, 0.717) is 27.2 Å². The van der Waals surface area contributed by atoms with Crippen LogP contribution in [0.2, 0.25) is 0 Å². The maximum absolute atomic E-state index is 15.2. The molecular formula is C30H28BrN3O5. The van der Waals surface area contributed by atoms with Crippen LogP contribution in [0.15, 0.2) is 83.3 Å². The molecule has 1 aromatic heterocycles. The number of hydrogen-bond acceptors (Lipinski definition) is 6. The van der Waals surface area contributed by atoms with Gasteiger partial charge in [-0.25, -0.2) is 14.6 Å². The molecule has 9 heteroatoms. The molecule has 0 radical (unpaired) electrons. The number of quaternary nitrogens is 1. The number of fused-ring (bicyclic) bond motifs is 1. The molecule has 3 amide bonds. The average molecular weight is 590 g/mol. The number of nitrogens with zero attached hydrogens (tertiary/aromatic N) is 3. The van der Waals surface area contributed by atoms with Crippen molar-refractivity contribution in [2.45, 2.75) is 33.2 Å². The molecule has 0 aliphatic carbocycles. The fourth-order valence-electron chi connectivity index (χ4n) is 5.01. The molecule has 0 spiro atoms. The number of methoxy groups -OCH3 is 1. The fourth-order valence-corrected chi connectivity index (χ4v) is 5.36. The molecule has 0 fully saturated rings. The third kappa shape index (κ3) is 4.68. The summed E-state index contributed by atoms with van der Waals surface area (Å²) in [5.41, 5.74) is 1.65. The van der Waals surface area contributed by atoms with Gasteiger partial charge >= 0.3 is 12.0 Å². The maximum atomic E-state index is 15.2. The summed E-state index contributed by atoms with van der Waals surface area (Å²) in [4.78, 5) is 45.9. The van der Waals surface area contributed by atoms with Gasteiger partial charge in [-0.2, -0.15) is 0 Å². The van der Waals surface area contributed by atoms with Gasteiger partial charge in [0, 0.05) is 27.6 Å². The molecule has 8 nitrogen and oxygen atoms in total. The van der Waals surface area contributed by atoms with Crippen LogP contribution >= 0.6 is 15.9 Å². The van der Waals surface area contributed by atoms with Crippen molar-refractivity contribution >= 4 is 50.6 Å². The molecule has 4 aromatic rings. The summed E-state index contributed by atoms with van der Waals surface area (Å²) < 4.78 is 4.58. The predicted octanol–water partition coefficient (Wildman–Crippen LogP) is 6.25. The SMILES string of the molecule is COC(=O)N(C(=O)[O-])[N+](C(=O)c1c(C)c(-c2ccccc2)nc2cc(Br)ccc12)(c1ccccc1)C(C)(C)C. The third-order valence-electron chi connectivity index (χ3n) is 6.67. The summed E-state index contributed by atoms with van der Waals surface area (Å²) in [5.74, 6) is -0.660. The van der Waals surface area contributed by atoms with Crippen molar-refractivity contribution in [2.75, 3.05) is 7.11 Å². The van der Waals surface area contributed by atoms with Crippen molar-refractivity contribution in [2.24, 2.45) is 0 Å². The van der Waals surface area contributed by atoms with Crippen LogP contribution in [0.4, 0.5) is 15.3 Å². The Morgan fingerprint density at radius 3 is 2.08 bits per heavy atom. The number of ether oxygens (including phenoxy) is 1. The second kappa shape index (κ2) is 10.6. The molecule has 0 saturated carbocycles. The van der Waals surface area contributed by atoms with E-state index in [2.05, 4.69) is 15.9 Å². The van der Waals surface area contributed by atoms with Crippen LogP contribution in [0.25, 0.3) is 22.2 Å². The van der Waals surface area contributed by atoms with Gasteiger partial charge in [-0.3, -0.25) is 0 Å². The summed E-state index contributed by atoms with van der Waals surface area (Å²) >= 11 is 3.49. The van der Waals surface area contributed by atoms with E-state index in [-0.39, 0.29) is 11.3 Å². The first-order valence-electron chi connectivity index (χ1n) is 12.2. The second-order valence-corrected chi connectivity index (χ2v) is 10.9. The molecule has 0 bridgehead atoms. The number of rotatable bonds is 3. The lowest BCUT2D eigenvalue weighted by atomic mass is 9.93. The van der Waals surface area contributed by atoms with Gasteiger partial charge in [-0.05, 0) is 45.4 Å². The smallest absolute Gasteiger partial charge is 0.461 e. The minimum absolute atomic E-state index is 0.222. The number of pyridine rings is 1. The zero-order valence-corrected chi connectivity index (χ0v) is 23.9. The van der Waals surface area contributed by atoms with Crippen molar-refractivity contribution in [1.29, 1.82) is 0 Å². The highest BCUT2D eigenvalue weighted by Gasteiger charge is 2.59. The number of carboxylic acid groups (broad SMARTS) is 1. The summed E-state index contributed by atoms with van der Waals surface area (Å²) in [6, 6.07) is 23.0. The molecule has 0 saturated heterocycles. The van der Waals surface area contributed by atoms with E-state index in [1.54, 1.807) is 76.2 Å². The minimum Gasteiger partial charge on any atom is -0.526 e. The van der Waals surface area contributed by atoms with E-state index in [4.69, 9.17) is 9.72 Å². The third-order valence-corrected chi connectivity index (χ3v) is 7.16. The predicted molar refractivity (Wildman–Crippen MR) is 152 cm³/mol. The second-order valence-electron chi connectivity index (χ2n) is 9.98. The summed E-state index contributed by atoms with van der Waals surface area (Å²) in [6.07, 6.45) is -3.12. The summed E-state index contributed by atoms with van der Waals surface area (Å²) in [6.45, 7) is 6.83. The number of amides is 3. The topological polar surface area (TPSA) is 99.6 Å². The molecule has 39 heavy (non-hydrogen) atoms. The van der Waals surface area contributed by atoms with E-state index in [1.807, 2.05) is 30.3 Å². The fraction of sp³-hybridized carbons (Fsp3) is 0.200. The van der Waals surface area contributed by atoms with Gasteiger partial charge in [0.15, 0.2) is 5.69 Å². The average Bonchev–Trinajstić information content (AvgIpc) is 2.90. The van der Waals surface area contributed by atoms with Crippen LogP contribution in [0.3, 0.4) is 0 Å². The Bertz CT molecular complexity index is 1570. The van der Waals surface area contributed by atoms with E-state index in [1.165, 1.54) is 0 Å². The summed E-state index contributed by atoms with van der Waals surface area (Å²) in [5, 5.41) is 13.6. The van der Waals surface area contributed by atoms with Crippen LogP contribution in [0.5, 0.6) is 0 Å². The first-order chi connectivity index (χ1) is 18.4. The van der Waals surface area contributed by atoms with E-state index in [0.717, 1.165) is 17.1 Å². The number of carbonyl (C=O) groups excluding carboxylic acids is 3. The standard InChI is InChI=1S/C30H28BrN3O5/c1-19-25(23-17-16-21(31)18-24(23)32-26(19)20-12-8-6-9-13-20)27(35)34(30(2,3)4,22-14-10-7-11-15-22)33(28(36)37)29(38)39-5/h6-18H,1-5H3. The Morgan fingerprint density at radius 1 is 0.949 bits per heavy atom. The van der Waals surface area contributed by atoms with Crippen molar-refractivity contribution in [3.63, 3.8) is 0 Å².